The van der Waals surface area contributed by atoms with Crippen molar-refractivity contribution in [1.29, 1.82) is 0 Å². The Labute approximate surface area is 127 Å². The maximum atomic E-state index is 12.5. The van der Waals surface area contributed by atoms with Gasteiger partial charge in [0, 0.05) is 5.56 Å². The number of ketones is 1. The summed E-state index contributed by atoms with van der Waals surface area (Å²) in [5, 5.41) is 2.09. The fraction of sp³-hybridized carbons (Fsp3) is 0.353. The molecule has 0 aliphatic heterocycles. The van der Waals surface area contributed by atoms with Gasteiger partial charge in [-0.3, -0.25) is 4.79 Å². The van der Waals surface area contributed by atoms with E-state index in [2.05, 4.69) is 19.6 Å². The van der Waals surface area contributed by atoms with Gasteiger partial charge in [0.25, 0.3) is 0 Å². The minimum atomic E-state index is -1.72. The molecule has 0 saturated heterocycles. The highest BCUT2D eigenvalue weighted by atomic mass is 28.4. The largest absolute Gasteiger partial charge is 0.497 e. The molecule has 0 aromatic heterocycles. The molecule has 21 heavy (non-hydrogen) atoms. The molecule has 0 aliphatic carbocycles. The molecule has 2 aromatic rings. The van der Waals surface area contributed by atoms with Crippen molar-refractivity contribution < 1.29 is 14.0 Å². The topological polar surface area (TPSA) is 35.5 Å². The Hall–Kier alpha value is -1.65. The number of methoxy groups -OCH3 is 1. The van der Waals surface area contributed by atoms with Crippen LogP contribution in [-0.4, -0.2) is 27.3 Å². The van der Waals surface area contributed by atoms with Gasteiger partial charge >= 0.3 is 0 Å². The average molecular weight is 302 g/mol. The summed E-state index contributed by atoms with van der Waals surface area (Å²) in [7, 11) is -0.0721. The highest BCUT2D eigenvalue weighted by molar-refractivity contribution is 6.69. The van der Waals surface area contributed by atoms with E-state index in [0.29, 0.717) is 5.56 Å². The predicted octanol–water partition coefficient (Wildman–Crippen LogP) is 4.27. The second-order valence-electron chi connectivity index (χ2n) is 6.16. The van der Waals surface area contributed by atoms with E-state index in [9.17, 15) is 4.79 Å². The molecule has 1 atom stereocenters. The normalized spacial score (nSPS) is 13.2. The minimum Gasteiger partial charge on any atom is -0.497 e. The Bertz CT molecular complexity index is 659. The molecule has 0 radical (unpaired) electrons. The van der Waals surface area contributed by atoms with Gasteiger partial charge in [0.2, 0.25) is 0 Å². The van der Waals surface area contributed by atoms with Crippen molar-refractivity contribution in [1.82, 2.24) is 0 Å². The first-order valence-corrected chi connectivity index (χ1v) is 10.5. The molecular weight excluding hydrogens is 280 g/mol. The third-order valence-electron chi connectivity index (χ3n) is 3.23. The quantitative estimate of drug-likeness (QED) is 0.611. The van der Waals surface area contributed by atoms with E-state index < -0.39 is 14.4 Å². The Morgan fingerprint density at radius 2 is 1.67 bits per heavy atom. The van der Waals surface area contributed by atoms with Crippen LogP contribution in [0.2, 0.25) is 19.6 Å². The van der Waals surface area contributed by atoms with Gasteiger partial charge in [-0.1, -0.05) is 18.2 Å². The van der Waals surface area contributed by atoms with Gasteiger partial charge in [-0.25, -0.2) is 0 Å². The second-order valence-corrected chi connectivity index (χ2v) is 10.6. The van der Waals surface area contributed by atoms with E-state index in [1.54, 1.807) is 7.11 Å². The van der Waals surface area contributed by atoms with Crippen molar-refractivity contribution in [2.75, 3.05) is 7.11 Å². The zero-order chi connectivity index (χ0) is 15.6. The zero-order valence-corrected chi connectivity index (χ0v) is 14.3. The van der Waals surface area contributed by atoms with E-state index in [1.165, 1.54) is 0 Å². The molecule has 1 unspecified atom stereocenters. The Kier molecular flexibility index (Phi) is 4.49. The van der Waals surface area contributed by atoms with Crippen molar-refractivity contribution in [3.05, 3.63) is 42.0 Å². The maximum absolute atomic E-state index is 12.5. The minimum absolute atomic E-state index is 0.0372. The lowest BCUT2D eigenvalue weighted by Gasteiger charge is -2.22. The predicted molar refractivity (Wildman–Crippen MR) is 88.7 cm³/mol. The van der Waals surface area contributed by atoms with Crippen LogP contribution in [0.1, 0.15) is 17.3 Å². The molecule has 112 valence electrons. The first kappa shape index (κ1) is 15.7. The molecule has 0 N–H and O–H groups in total. The van der Waals surface area contributed by atoms with Crippen LogP contribution in [0.15, 0.2) is 36.4 Å². The fourth-order valence-corrected chi connectivity index (χ4v) is 3.49. The van der Waals surface area contributed by atoms with Gasteiger partial charge in [0.05, 0.1) is 7.11 Å². The van der Waals surface area contributed by atoms with E-state index in [4.69, 9.17) is 9.16 Å². The third-order valence-corrected chi connectivity index (χ3v) is 4.29. The van der Waals surface area contributed by atoms with Crippen molar-refractivity contribution in [3.63, 3.8) is 0 Å². The van der Waals surface area contributed by atoms with Gasteiger partial charge < -0.3 is 9.16 Å². The number of hydrogen-bond donors (Lipinski definition) is 0. The van der Waals surface area contributed by atoms with Gasteiger partial charge in [0.15, 0.2) is 14.1 Å². The van der Waals surface area contributed by atoms with Crippen molar-refractivity contribution in [2.45, 2.75) is 32.7 Å². The SMILES string of the molecule is COc1ccc2cc(C(=O)C(C)O[Si](C)(C)C)ccc2c1. The molecule has 0 aliphatic rings. The number of benzene rings is 2. The van der Waals surface area contributed by atoms with Crippen LogP contribution in [0.5, 0.6) is 5.75 Å². The molecule has 3 nitrogen and oxygen atoms in total. The number of carbonyl (C=O) groups excluding carboxylic acids is 1. The Morgan fingerprint density at radius 1 is 1.05 bits per heavy atom. The smallest absolute Gasteiger partial charge is 0.190 e. The summed E-state index contributed by atoms with van der Waals surface area (Å²) >= 11 is 0. The molecule has 4 heteroatoms. The lowest BCUT2D eigenvalue weighted by Crippen LogP contribution is -2.34. The average Bonchev–Trinajstić information content (AvgIpc) is 2.43. The van der Waals surface area contributed by atoms with Gasteiger partial charge in [-0.2, -0.15) is 0 Å². The van der Waals surface area contributed by atoms with Gasteiger partial charge in [-0.15, -0.1) is 0 Å². The first-order chi connectivity index (χ1) is 9.80. The number of fused-ring (bicyclic) bond motifs is 1. The Morgan fingerprint density at radius 3 is 2.29 bits per heavy atom. The number of Topliss-reactive ketones (excluding diaryl/α,β-unsaturated/α-hetero) is 1. The van der Waals surface area contributed by atoms with Crippen LogP contribution >= 0.6 is 0 Å². The van der Waals surface area contributed by atoms with Crippen LogP contribution < -0.4 is 4.74 Å². The van der Waals surface area contributed by atoms with Crippen molar-refractivity contribution >= 4 is 24.9 Å². The molecule has 0 heterocycles. The summed E-state index contributed by atoms with van der Waals surface area (Å²) in [6.07, 6.45) is -0.396. The van der Waals surface area contributed by atoms with Crippen LogP contribution in [0.25, 0.3) is 10.8 Å². The standard InChI is InChI=1S/C17H22O3Si/c1-12(20-21(3,4)5)17(18)15-7-6-14-11-16(19-2)9-8-13(14)10-15/h6-12H,1-5H3. The van der Waals surface area contributed by atoms with Gasteiger partial charge in [-0.05, 0) is 55.5 Å². The summed E-state index contributed by atoms with van der Waals surface area (Å²) in [6, 6.07) is 11.6. The van der Waals surface area contributed by atoms with Crippen LogP contribution in [0.4, 0.5) is 0 Å². The highest BCUT2D eigenvalue weighted by Crippen LogP contribution is 2.23. The number of ether oxygens (including phenoxy) is 1. The molecule has 0 spiro atoms. The monoisotopic (exact) mass is 302 g/mol. The van der Waals surface area contributed by atoms with E-state index in [1.807, 2.05) is 43.3 Å². The van der Waals surface area contributed by atoms with E-state index in [-0.39, 0.29) is 5.78 Å². The summed E-state index contributed by atoms with van der Waals surface area (Å²) in [4.78, 5) is 12.5. The number of hydrogen-bond acceptors (Lipinski definition) is 3. The summed E-state index contributed by atoms with van der Waals surface area (Å²) < 4.78 is 11.1. The van der Waals surface area contributed by atoms with Crippen LogP contribution in [0.3, 0.4) is 0 Å². The Balaban J connectivity index is 2.28. The van der Waals surface area contributed by atoms with Crippen molar-refractivity contribution in [3.8, 4) is 5.75 Å². The lowest BCUT2D eigenvalue weighted by atomic mass is 10.0. The van der Waals surface area contributed by atoms with Gasteiger partial charge in [0.1, 0.15) is 11.9 Å². The second kappa shape index (κ2) is 5.99. The maximum Gasteiger partial charge on any atom is 0.190 e. The van der Waals surface area contributed by atoms with Crippen LogP contribution in [-0.2, 0) is 4.43 Å². The number of carbonyl (C=O) groups is 1. The zero-order valence-electron chi connectivity index (χ0n) is 13.3. The fourth-order valence-electron chi connectivity index (χ4n) is 2.32. The summed E-state index contributed by atoms with van der Waals surface area (Å²) in [5.74, 6) is 0.854. The van der Waals surface area contributed by atoms with E-state index in [0.717, 1.165) is 16.5 Å². The highest BCUT2D eigenvalue weighted by Gasteiger charge is 2.23. The number of rotatable bonds is 5. The van der Waals surface area contributed by atoms with E-state index >= 15 is 0 Å². The molecule has 2 rings (SSSR count). The van der Waals surface area contributed by atoms with Crippen LogP contribution in [0, 0.1) is 0 Å². The molecule has 0 bridgehead atoms. The molecule has 0 saturated carbocycles. The first-order valence-electron chi connectivity index (χ1n) is 7.10. The third kappa shape index (κ3) is 3.92. The molecule has 0 amide bonds. The molecular formula is C17H22O3Si. The lowest BCUT2D eigenvalue weighted by molar-refractivity contribution is 0.0807. The summed E-state index contributed by atoms with van der Waals surface area (Å²) in [6.45, 7) is 8.09. The summed E-state index contributed by atoms with van der Waals surface area (Å²) in [5.41, 5.74) is 0.693. The molecule has 0 fully saturated rings. The van der Waals surface area contributed by atoms with Crippen molar-refractivity contribution in [2.24, 2.45) is 0 Å². The molecule has 2 aromatic carbocycles.